The molecule has 47 heavy (non-hydrogen) atoms. The Morgan fingerprint density at radius 1 is 0.766 bits per heavy atom. The van der Waals surface area contributed by atoms with Gasteiger partial charge in [-0.3, -0.25) is 14.4 Å². The average Bonchev–Trinajstić information content (AvgIpc) is 3.08. The van der Waals surface area contributed by atoms with E-state index < -0.39 is 52.4 Å². The lowest BCUT2D eigenvalue weighted by Gasteiger charge is -2.15. The van der Waals surface area contributed by atoms with Crippen LogP contribution in [-0.4, -0.2) is 44.8 Å². The zero-order valence-corrected chi connectivity index (χ0v) is 25.9. The largest absolute Gasteiger partial charge is 0.493 e. The highest BCUT2D eigenvalue weighted by atomic mass is 32.2. The van der Waals surface area contributed by atoms with Crippen molar-refractivity contribution >= 4 is 46.9 Å². The van der Waals surface area contributed by atoms with Crippen LogP contribution in [0.5, 0.6) is 17.2 Å². The molecule has 0 unspecified atom stereocenters. The number of carbonyl (C=O) groups excluding carboxylic acids is 3. The van der Waals surface area contributed by atoms with Gasteiger partial charge in [0.2, 0.25) is 11.7 Å². The predicted octanol–water partition coefficient (Wildman–Crippen LogP) is 6.41. The number of benzene rings is 4. The van der Waals surface area contributed by atoms with E-state index in [1.807, 2.05) is 5.32 Å². The lowest BCUT2D eigenvalue weighted by molar-refractivity contribution is -0.114. The molecule has 0 saturated heterocycles. The van der Waals surface area contributed by atoms with Crippen molar-refractivity contribution in [2.45, 2.75) is 4.90 Å². The first-order chi connectivity index (χ1) is 22.5. The molecule has 0 atom stereocenters. The molecule has 0 saturated carbocycles. The van der Waals surface area contributed by atoms with Crippen molar-refractivity contribution in [2.24, 2.45) is 0 Å². The summed E-state index contributed by atoms with van der Waals surface area (Å²) in [5, 5.41) is 7.15. The molecule has 0 aliphatic carbocycles. The van der Waals surface area contributed by atoms with E-state index in [1.165, 1.54) is 33.5 Å². The molecular formula is C33H27F4N3O6S. The number of anilines is 2. The molecule has 0 fully saturated rings. The van der Waals surface area contributed by atoms with E-state index >= 15 is 0 Å². The highest BCUT2D eigenvalue weighted by molar-refractivity contribution is 8.00. The van der Waals surface area contributed by atoms with Gasteiger partial charge in [0, 0.05) is 22.2 Å². The minimum atomic E-state index is -1.73. The SMILES string of the molecule is COc1cc(/C=C(/NC(=O)c2ccccc2)C(=O)Nc2cccc(SCC(=O)Nc3c(F)c(F)cc(F)c3F)c2)cc(OC)c1OC. The molecule has 14 heteroatoms. The van der Waals surface area contributed by atoms with Crippen molar-refractivity contribution in [3.05, 3.63) is 113 Å². The van der Waals surface area contributed by atoms with Gasteiger partial charge in [-0.15, -0.1) is 11.8 Å². The van der Waals surface area contributed by atoms with Crippen LogP contribution in [0.15, 0.2) is 83.4 Å². The quantitative estimate of drug-likeness (QED) is 0.0692. The van der Waals surface area contributed by atoms with Crippen molar-refractivity contribution < 1.29 is 46.2 Å². The van der Waals surface area contributed by atoms with Gasteiger partial charge in [-0.25, -0.2) is 17.6 Å². The second kappa shape index (κ2) is 15.7. The molecular weight excluding hydrogens is 642 g/mol. The highest BCUT2D eigenvalue weighted by Crippen LogP contribution is 2.38. The third kappa shape index (κ3) is 8.61. The maximum atomic E-state index is 13.9. The molecule has 4 aromatic rings. The predicted molar refractivity (Wildman–Crippen MR) is 169 cm³/mol. The molecule has 9 nitrogen and oxygen atoms in total. The Morgan fingerprint density at radius 3 is 2.00 bits per heavy atom. The summed E-state index contributed by atoms with van der Waals surface area (Å²) in [6.07, 6.45) is 1.41. The van der Waals surface area contributed by atoms with E-state index in [0.29, 0.717) is 33.3 Å². The second-order valence-electron chi connectivity index (χ2n) is 9.50. The topological polar surface area (TPSA) is 115 Å². The number of halogens is 4. The van der Waals surface area contributed by atoms with Gasteiger partial charge in [0.25, 0.3) is 11.8 Å². The fourth-order valence-corrected chi connectivity index (χ4v) is 4.92. The average molecular weight is 670 g/mol. The number of hydrogen-bond donors (Lipinski definition) is 3. The first kappa shape index (κ1) is 34.4. The normalized spacial score (nSPS) is 11.0. The number of nitrogens with one attached hydrogen (secondary N) is 3. The van der Waals surface area contributed by atoms with Gasteiger partial charge in [0.1, 0.15) is 11.4 Å². The van der Waals surface area contributed by atoms with Crippen LogP contribution in [0.1, 0.15) is 15.9 Å². The molecule has 0 aliphatic heterocycles. The molecule has 244 valence electrons. The summed E-state index contributed by atoms with van der Waals surface area (Å²) in [7, 11) is 4.31. The van der Waals surface area contributed by atoms with Crippen LogP contribution in [0.25, 0.3) is 6.08 Å². The summed E-state index contributed by atoms with van der Waals surface area (Å²) >= 11 is 0.920. The monoisotopic (exact) mass is 669 g/mol. The molecule has 0 aliphatic rings. The summed E-state index contributed by atoms with van der Waals surface area (Å²) in [6, 6.07) is 17.7. The number of rotatable bonds is 12. The number of methoxy groups -OCH3 is 3. The number of carbonyl (C=O) groups is 3. The molecule has 0 heterocycles. The molecule has 0 aromatic heterocycles. The maximum Gasteiger partial charge on any atom is 0.272 e. The molecule has 3 amide bonds. The van der Waals surface area contributed by atoms with E-state index in [4.69, 9.17) is 14.2 Å². The molecule has 3 N–H and O–H groups in total. The smallest absolute Gasteiger partial charge is 0.272 e. The first-order valence-corrected chi connectivity index (χ1v) is 14.6. The van der Waals surface area contributed by atoms with E-state index in [9.17, 15) is 31.9 Å². The van der Waals surface area contributed by atoms with Gasteiger partial charge in [0.05, 0.1) is 27.1 Å². The fourth-order valence-electron chi connectivity index (χ4n) is 4.16. The minimum absolute atomic E-state index is 0.0350. The van der Waals surface area contributed by atoms with Crippen LogP contribution in [0.3, 0.4) is 0 Å². The summed E-state index contributed by atoms with van der Waals surface area (Å²) < 4.78 is 71.0. The van der Waals surface area contributed by atoms with Crippen LogP contribution < -0.4 is 30.2 Å². The van der Waals surface area contributed by atoms with Crippen LogP contribution in [0, 0.1) is 23.3 Å². The van der Waals surface area contributed by atoms with Crippen molar-refractivity contribution in [1.29, 1.82) is 0 Å². The van der Waals surface area contributed by atoms with E-state index in [0.717, 1.165) is 11.8 Å². The summed E-state index contributed by atoms with van der Waals surface area (Å²) in [5.41, 5.74) is -0.377. The molecule has 0 radical (unpaired) electrons. The van der Waals surface area contributed by atoms with E-state index in [-0.39, 0.29) is 17.5 Å². The van der Waals surface area contributed by atoms with Crippen LogP contribution in [0.2, 0.25) is 0 Å². The number of thioether (sulfide) groups is 1. The number of ether oxygens (including phenoxy) is 3. The van der Waals surface area contributed by atoms with Crippen molar-refractivity contribution in [3.8, 4) is 17.2 Å². The Balaban J connectivity index is 1.55. The first-order valence-electron chi connectivity index (χ1n) is 13.6. The van der Waals surface area contributed by atoms with Crippen LogP contribution in [0.4, 0.5) is 28.9 Å². The Bertz CT molecular complexity index is 1790. The third-order valence-electron chi connectivity index (χ3n) is 6.36. The lowest BCUT2D eigenvalue weighted by Crippen LogP contribution is -2.30. The molecule has 0 bridgehead atoms. The highest BCUT2D eigenvalue weighted by Gasteiger charge is 2.21. The molecule has 4 aromatic carbocycles. The minimum Gasteiger partial charge on any atom is -0.493 e. The maximum absolute atomic E-state index is 13.9. The Labute approximate surface area is 270 Å². The van der Waals surface area contributed by atoms with Crippen molar-refractivity contribution in [3.63, 3.8) is 0 Å². The number of hydrogen-bond acceptors (Lipinski definition) is 7. The third-order valence-corrected chi connectivity index (χ3v) is 7.36. The summed E-state index contributed by atoms with van der Waals surface area (Å²) in [4.78, 5) is 39.4. The Hall–Kier alpha value is -5.50. The number of amides is 3. The van der Waals surface area contributed by atoms with Crippen LogP contribution in [-0.2, 0) is 9.59 Å². The lowest BCUT2D eigenvalue weighted by atomic mass is 10.1. The van der Waals surface area contributed by atoms with Gasteiger partial charge in [-0.2, -0.15) is 0 Å². The Morgan fingerprint density at radius 2 is 1.40 bits per heavy atom. The zero-order valence-electron chi connectivity index (χ0n) is 25.1. The van der Waals surface area contributed by atoms with Crippen molar-refractivity contribution in [1.82, 2.24) is 5.32 Å². The van der Waals surface area contributed by atoms with E-state index in [1.54, 1.807) is 60.7 Å². The summed E-state index contributed by atoms with van der Waals surface area (Å²) in [6.45, 7) is 0. The zero-order chi connectivity index (χ0) is 34.1. The van der Waals surface area contributed by atoms with Gasteiger partial charge in [0.15, 0.2) is 34.8 Å². The fraction of sp³-hybridized carbons (Fsp3) is 0.121. The van der Waals surface area contributed by atoms with Gasteiger partial charge in [-0.05, 0) is 54.1 Å². The van der Waals surface area contributed by atoms with Crippen LogP contribution >= 0.6 is 11.8 Å². The van der Waals surface area contributed by atoms with Gasteiger partial charge < -0.3 is 30.2 Å². The second-order valence-corrected chi connectivity index (χ2v) is 10.5. The molecule has 4 rings (SSSR count). The summed E-state index contributed by atoms with van der Waals surface area (Å²) in [5.74, 6) is -8.43. The molecule has 0 spiro atoms. The van der Waals surface area contributed by atoms with Gasteiger partial charge >= 0.3 is 0 Å². The van der Waals surface area contributed by atoms with E-state index in [2.05, 4.69) is 10.6 Å². The Kier molecular flexibility index (Phi) is 11.5. The standard InChI is InChI=1S/C33H27F4N3O6S/c1-44-25-13-18(14-26(45-2)31(25)46-3)12-24(39-32(42)19-8-5-4-6-9-19)33(43)38-20-10-7-11-21(15-20)47-17-27(41)40-30-28(36)22(34)16-23(35)29(30)37/h4-16H,17H2,1-3H3,(H,38,43)(H,39,42)(H,40,41)/b24-12+. The van der Waals surface area contributed by atoms with Crippen molar-refractivity contribution in [2.75, 3.05) is 37.7 Å². The van der Waals surface area contributed by atoms with Gasteiger partial charge in [-0.1, -0.05) is 24.3 Å².